The third kappa shape index (κ3) is 4.24. The molecule has 1 aromatic heterocycles. The van der Waals surface area contributed by atoms with Gasteiger partial charge in [-0.15, -0.1) is 0 Å². The van der Waals surface area contributed by atoms with Crippen LogP contribution in [0, 0.1) is 0 Å². The maximum atomic E-state index is 13.0. The molecule has 2 aromatic rings. The van der Waals surface area contributed by atoms with E-state index in [0.717, 1.165) is 19.4 Å². The predicted molar refractivity (Wildman–Crippen MR) is 112 cm³/mol. The maximum Gasteiger partial charge on any atom is 0.434 e. The number of aryl methyl sites for hydroxylation is 1. The summed E-state index contributed by atoms with van der Waals surface area (Å²) in [5.41, 5.74) is 4.24. The molecule has 0 bridgehead atoms. The fourth-order valence-electron chi connectivity index (χ4n) is 4.49. The summed E-state index contributed by atoms with van der Waals surface area (Å²) in [5.74, 6) is 0. The molecule has 0 fully saturated rings. The molecule has 1 aliphatic heterocycles. The number of hydrogen-bond donors (Lipinski definition) is 1. The van der Waals surface area contributed by atoms with Gasteiger partial charge in [0, 0.05) is 17.3 Å². The first-order valence-electron chi connectivity index (χ1n) is 9.86. The van der Waals surface area contributed by atoms with Gasteiger partial charge in [0.15, 0.2) is 5.69 Å². The van der Waals surface area contributed by atoms with Gasteiger partial charge in [-0.1, -0.05) is 29.3 Å². The monoisotopic (exact) mass is 456 g/mol. The summed E-state index contributed by atoms with van der Waals surface area (Å²) >= 11 is 11.8. The minimum absolute atomic E-state index is 0.0119. The van der Waals surface area contributed by atoms with Gasteiger partial charge in [0.2, 0.25) is 0 Å². The third-order valence-corrected chi connectivity index (χ3v) is 6.42. The first kappa shape index (κ1) is 21.6. The molecule has 0 amide bonds. The molecule has 1 atom stereocenters. The van der Waals surface area contributed by atoms with Crippen molar-refractivity contribution in [2.24, 2.45) is 0 Å². The molecule has 0 radical (unpaired) electrons. The fourth-order valence-corrected chi connectivity index (χ4v) is 4.88. The van der Waals surface area contributed by atoms with E-state index in [1.54, 1.807) is 0 Å². The van der Waals surface area contributed by atoms with E-state index in [2.05, 4.69) is 9.88 Å². The number of aromatic nitrogens is 1. The largest absolute Gasteiger partial charge is 0.434 e. The van der Waals surface area contributed by atoms with Crippen molar-refractivity contribution in [1.82, 2.24) is 9.88 Å². The summed E-state index contributed by atoms with van der Waals surface area (Å²) in [7, 11) is 0. The van der Waals surface area contributed by atoms with Crippen LogP contribution in [-0.4, -0.2) is 40.7 Å². The summed E-state index contributed by atoms with van der Waals surface area (Å²) in [6.07, 6.45) is -1.83. The van der Waals surface area contributed by atoms with E-state index in [4.69, 9.17) is 23.2 Å². The van der Waals surface area contributed by atoms with Crippen LogP contribution >= 0.6 is 23.2 Å². The Bertz CT molecular complexity index is 991. The summed E-state index contributed by atoms with van der Waals surface area (Å²) in [6, 6.07) is 8.63. The fraction of sp³-hybridized carbons (Fsp3) is 0.409. The highest BCUT2D eigenvalue weighted by molar-refractivity contribution is 6.31. The van der Waals surface area contributed by atoms with E-state index < -0.39 is 11.9 Å². The standard InChI is InChI=1S/C22H21Cl2F3N2O/c23-14-4-3-13-10-18-16(17(13)11-14)7-9-29(20(18)12-30)8-1-2-15-5-6-19(24)21(28-15)22(25,26)27/h3-6,11,20,30H,1-2,7-10,12H2. The highest BCUT2D eigenvalue weighted by atomic mass is 35.5. The van der Waals surface area contributed by atoms with E-state index in [-0.39, 0.29) is 17.7 Å². The van der Waals surface area contributed by atoms with Crippen molar-refractivity contribution in [3.63, 3.8) is 0 Å². The van der Waals surface area contributed by atoms with Crippen molar-refractivity contribution in [1.29, 1.82) is 0 Å². The Labute approximate surface area is 183 Å². The van der Waals surface area contributed by atoms with Gasteiger partial charge in [0.1, 0.15) is 0 Å². The lowest BCUT2D eigenvalue weighted by Crippen LogP contribution is -2.43. The molecule has 160 valence electrons. The molecule has 1 N–H and O–H groups in total. The van der Waals surface area contributed by atoms with Crippen LogP contribution in [0.25, 0.3) is 5.57 Å². The zero-order chi connectivity index (χ0) is 21.5. The summed E-state index contributed by atoms with van der Waals surface area (Å²) in [4.78, 5) is 5.92. The van der Waals surface area contributed by atoms with Crippen LogP contribution in [0.1, 0.15) is 35.4 Å². The minimum atomic E-state index is -4.56. The molecule has 0 saturated heterocycles. The Morgan fingerprint density at radius 2 is 1.97 bits per heavy atom. The Balaban J connectivity index is 1.43. The van der Waals surface area contributed by atoms with Gasteiger partial charge >= 0.3 is 6.18 Å². The minimum Gasteiger partial charge on any atom is -0.394 e. The molecule has 4 rings (SSSR count). The van der Waals surface area contributed by atoms with Crippen LogP contribution in [0.2, 0.25) is 10.0 Å². The molecule has 2 heterocycles. The Kier molecular flexibility index (Phi) is 6.13. The number of hydrogen-bond acceptors (Lipinski definition) is 3. The number of benzene rings is 1. The van der Waals surface area contributed by atoms with Crippen molar-refractivity contribution in [3.8, 4) is 0 Å². The van der Waals surface area contributed by atoms with Gasteiger partial charge in [-0.3, -0.25) is 4.90 Å². The van der Waals surface area contributed by atoms with Crippen LogP contribution < -0.4 is 0 Å². The first-order chi connectivity index (χ1) is 14.3. The van der Waals surface area contributed by atoms with Gasteiger partial charge < -0.3 is 5.11 Å². The molecule has 1 aromatic carbocycles. The molecule has 1 aliphatic carbocycles. The second-order valence-corrected chi connectivity index (χ2v) is 8.54. The molecule has 0 spiro atoms. The number of alkyl halides is 3. The number of nitrogens with zero attached hydrogens (tertiary/aromatic N) is 2. The quantitative estimate of drug-likeness (QED) is 0.652. The normalized spacial score (nSPS) is 19.2. The van der Waals surface area contributed by atoms with E-state index in [9.17, 15) is 18.3 Å². The smallest absolute Gasteiger partial charge is 0.394 e. The first-order valence-corrected chi connectivity index (χ1v) is 10.6. The average molecular weight is 457 g/mol. The lowest BCUT2D eigenvalue weighted by atomic mass is 9.93. The van der Waals surface area contributed by atoms with E-state index >= 15 is 0 Å². The Morgan fingerprint density at radius 1 is 1.17 bits per heavy atom. The molecule has 1 unspecified atom stereocenters. The Morgan fingerprint density at radius 3 is 2.70 bits per heavy atom. The Hall–Kier alpha value is -1.60. The van der Waals surface area contributed by atoms with Crippen LogP contribution in [0.4, 0.5) is 13.2 Å². The highest BCUT2D eigenvalue weighted by Gasteiger charge is 2.36. The summed E-state index contributed by atoms with van der Waals surface area (Å²) < 4.78 is 39.0. The van der Waals surface area contributed by atoms with Crippen LogP contribution in [0.3, 0.4) is 0 Å². The van der Waals surface area contributed by atoms with Crippen LogP contribution in [0.15, 0.2) is 35.9 Å². The van der Waals surface area contributed by atoms with Crippen LogP contribution in [-0.2, 0) is 19.0 Å². The van der Waals surface area contributed by atoms with E-state index in [0.29, 0.717) is 30.1 Å². The summed E-state index contributed by atoms with van der Waals surface area (Å²) in [6.45, 7) is 1.47. The molecule has 0 saturated carbocycles. The number of rotatable bonds is 5. The molecule has 2 aliphatic rings. The van der Waals surface area contributed by atoms with Gasteiger partial charge in [-0.05, 0) is 78.8 Å². The predicted octanol–water partition coefficient (Wildman–Crippen LogP) is 5.42. The van der Waals surface area contributed by atoms with Gasteiger partial charge in [-0.2, -0.15) is 13.2 Å². The third-order valence-electron chi connectivity index (χ3n) is 5.88. The zero-order valence-electron chi connectivity index (χ0n) is 16.1. The number of pyridine rings is 1. The maximum absolute atomic E-state index is 13.0. The van der Waals surface area contributed by atoms with Crippen molar-refractivity contribution in [3.05, 3.63) is 68.5 Å². The van der Waals surface area contributed by atoms with Crippen molar-refractivity contribution in [2.45, 2.75) is 37.9 Å². The molecular weight excluding hydrogens is 436 g/mol. The number of aliphatic hydroxyl groups excluding tert-OH is 1. The second-order valence-electron chi connectivity index (χ2n) is 7.70. The van der Waals surface area contributed by atoms with E-state index in [1.807, 2.05) is 18.2 Å². The number of halogens is 5. The topological polar surface area (TPSA) is 36.4 Å². The lowest BCUT2D eigenvalue weighted by Gasteiger charge is -2.36. The highest BCUT2D eigenvalue weighted by Crippen LogP contribution is 2.41. The molecular formula is C22H21Cl2F3N2O. The van der Waals surface area contributed by atoms with Gasteiger partial charge in [0.25, 0.3) is 0 Å². The molecule has 8 heteroatoms. The number of aliphatic hydroxyl groups is 1. The SMILES string of the molecule is OCC1C2=C(CCN1CCCc1ccc(Cl)c(C(F)(F)F)n1)c1cc(Cl)ccc1C2. The lowest BCUT2D eigenvalue weighted by molar-refractivity contribution is -0.141. The van der Waals surface area contributed by atoms with Crippen LogP contribution in [0.5, 0.6) is 0 Å². The van der Waals surface area contributed by atoms with Crippen molar-refractivity contribution < 1.29 is 18.3 Å². The summed E-state index contributed by atoms with van der Waals surface area (Å²) in [5, 5.41) is 10.4. The van der Waals surface area contributed by atoms with Gasteiger partial charge in [0.05, 0.1) is 17.7 Å². The van der Waals surface area contributed by atoms with Crippen molar-refractivity contribution in [2.75, 3.05) is 19.7 Å². The average Bonchev–Trinajstić information content (AvgIpc) is 3.06. The molecule has 30 heavy (non-hydrogen) atoms. The van der Waals surface area contributed by atoms with Crippen molar-refractivity contribution >= 4 is 28.8 Å². The van der Waals surface area contributed by atoms with E-state index in [1.165, 1.54) is 34.4 Å². The second kappa shape index (κ2) is 8.50. The zero-order valence-corrected chi connectivity index (χ0v) is 17.7. The molecule has 3 nitrogen and oxygen atoms in total. The van der Waals surface area contributed by atoms with Gasteiger partial charge in [-0.25, -0.2) is 4.98 Å². The number of fused-ring (bicyclic) bond motifs is 2.